The molecule has 1 fully saturated rings. The summed E-state index contributed by atoms with van der Waals surface area (Å²) in [5.74, 6) is 0. The molecule has 0 radical (unpaired) electrons. The standard InChI is InChI=1S/C9H13IN2O2/c10-8-6-11-12(7-8)3-5-14-9-2-1-4-13-9/h6-7,9H,1-5H2. The molecule has 1 aliphatic rings. The van der Waals surface area contributed by atoms with Crippen LogP contribution in [0, 0.1) is 3.57 Å². The van der Waals surface area contributed by atoms with Gasteiger partial charge in [-0.15, -0.1) is 0 Å². The van der Waals surface area contributed by atoms with Crippen molar-refractivity contribution in [2.24, 2.45) is 0 Å². The van der Waals surface area contributed by atoms with Crippen LogP contribution in [-0.4, -0.2) is 29.3 Å². The average molecular weight is 308 g/mol. The lowest BCUT2D eigenvalue weighted by Crippen LogP contribution is -2.15. The Labute approximate surface area is 96.7 Å². The molecule has 1 unspecified atom stereocenters. The van der Waals surface area contributed by atoms with Crippen LogP contribution in [0.2, 0.25) is 0 Å². The number of hydrogen-bond acceptors (Lipinski definition) is 3. The minimum Gasteiger partial charge on any atom is -0.353 e. The van der Waals surface area contributed by atoms with Gasteiger partial charge in [0.15, 0.2) is 6.29 Å². The fraction of sp³-hybridized carbons (Fsp3) is 0.667. The van der Waals surface area contributed by atoms with Crippen molar-refractivity contribution in [2.75, 3.05) is 13.2 Å². The summed E-state index contributed by atoms with van der Waals surface area (Å²) in [6.45, 7) is 2.30. The molecular weight excluding hydrogens is 295 g/mol. The second-order valence-electron chi connectivity index (χ2n) is 3.23. The van der Waals surface area contributed by atoms with Crippen LogP contribution in [0.25, 0.3) is 0 Å². The quantitative estimate of drug-likeness (QED) is 0.794. The molecule has 1 aliphatic heterocycles. The number of halogens is 1. The average Bonchev–Trinajstić information content (AvgIpc) is 2.77. The van der Waals surface area contributed by atoms with E-state index in [1.807, 2.05) is 17.1 Å². The second kappa shape index (κ2) is 5.09. The highest BCUT2D eigenvalue weighted by molar-refractivity contribution is 14.1. The lowest BCUT2D eigenvalue weighted by molar-refractivity contribution is -0.113. The third-order valence-electron chi connectivity index (χ3n) is 2.11. The summed E-state index contributed by atoms with van der Waals surface area (Å²) < 4.78 is 13.9. The van der Waals surface area contributed by atoms with E-state index in [4.69, 9.17) is 9.47 Å². The number of ether oxygens (including phenoxy) is 2. The van der Waals surface area contributed by atoms with Crippen molar-refractivity contribution in [1.29, 1.82) is 0 Å². The largest absolute Gasteiger partial charge is 0.353 e. The summed E-state index contributed by atoms with van der Waals surface area (Å²) >= 11 is 2.24. The van der Waals surface area contributed by atoms with Gasteiger partial charge >= 0.3 is 0 Å². The first-order valence-electron chi connectivity index (χ1n) is 4.76. The third kappa shape index (κ3) is 2.93. The highest BCUT2D eigenvalue weighted by Crippen LogP contribution is 2.12. The van der Waals surface area contributed by atoms with E-state index >= 15 is 0 Å². The highest BCUT2D eigenvalue weighted by atomic mass is 127. The SMILES string of the molecule is Ic1cnn(CCOC2CCCO2)c1. The molecule has 0 amide bonds. The van der Waals surface area contributed by atoms with Crippen molar-refractivity contribution in [3.8, 4) is 0 Å². The van der Waals surface area contributed by atoms with Crippen LogP contribution in [0.3, 0.4) is 0 Å². The monoisotopic (exact) mass is 308 g/mol. The van der Waals surface area contributed by atoms with E-state index in [0.717, 1.165) is 29.6 Å². The highest BCUT2D eigenvalue weighted by Gasteiger charge is 2.15. The zero-order valence-electron chi connectivity index (χ0n) is 7.86. The predicted molar refractivity (Wildman–Crippen MR) is 59.9 cm³/mol. The number of hydrogen-bond donors (Lipinski definition) is 0. The van der Waals surface area contributed by atoms with Crippen molar-refractivity contribution >= 4 is 22.6 Å². The molecule has 14 heavy (non-hydrogen) atoms. The molecule has 0 N–H and O–H groups in total. The van der Waals surface area contributed by atoms with Gasteiger partial charge in [0.2, 0.25) is 0 Å². The summed E-state index contributed by atoms with van der Waals surface area (Å²) in [4.78, 5) is 0. The molecule has 1 saturated heterocycles. The Balaban J connectivity index is 1.67. The molecule has 0 saturated carbocycles. The molecule has 78 valence electrons. The van der Waals surface area contributed by atoms with Crippen LogP contribution in [0.15, 0.2) is 12.4 Å². The van der Waals surface area contributed by atoms with Crippen LogP contribution in [0.4, 0.5) is 0 Å². The molecule has 2 heterocycles. The first-order valence-corrected chi connectivity index (χ1v) is 5.83. The van der Waals surface area contributed by atoms with Gasteiger partial charge in [-0.25, -0.2) is 0 Å². The van der Waals surface area contributed by atoms with Crippen molar-refractivity contribution in [3.05, 3.63) is 16.0 Å². The fourth-order valence-electron chi connectivity index (χ4n) is 1.42. The Morgan fingerprint density at radius 3 is 3.29 bits per heavy atom. The molecule has 2 rings (SSSR count). The van der Waals surface area contributed by atoms with Gasteiger partial charge in [-0.2, -0.15) is 5.10 Å². The second-order valence-corrected chi connectivity index (χ2v) is 4.48. The Kier molecular flexibility index (Phi) is 3.77. The molecule has 0 aromatic carbocycles. The Bertz CT molecular complexity index is 284. The smallest absolute Gasteiger partial charge is 0.157 e. The predicted octanol–water partition coefficient (Wildman–Crippen LogP) is 1.64. The van der Waals surface area contributed by atoms with Gasteiger partial charge in [-0.3, -0.25) is 4.68 Å². The van der Waals surface area contributed by atoms with Gasteiger partial charge in [0, 0.05) is 19.2 Å². The molecular formula is C9H13IN2O2. The minimum absolute atomic E-state index is 0.0182. The summed E-state index contributed by atoms with van der Waals surface area (Å²) in [5.41, 5.74) is 0. The topological polar surface area (TPSA) is 36.3 Å². The van der Waals surface area contributed by atoms with Gasteiger partial charge in [-0.05, 0) is 29.0 Å². The molecule has 1 aromatic rings. The van der Waals surface area contributed by atoms with Crippen LogP contribution in [-0.2, 0) is 16.0 Å². The summed E-state index contributed by atoms with van der Waals surface area (Å²) in [6, 6.07) is 0. The van der Waals surface area contributed by atoms with Crippen molar-refractivity contribution in [2.45, 2.75) is 25.7 Å². The van der Waals surface area contributed by atoms with E-state index in [-0.39, 0.29) is 6.29 Å². The van der Waals surface area contributed by atoms with E-state index in [9.17, 15) is 0 Å². The fourth-order valence-corrected chi connectivity index (χ4v) is 1.86. The summed E-state index contributed by atoms with van der Waals surface area (Å²) in [6.07, 6.45) is 6.00. The zero-order chi connectivity index (χ0) is 9.80. The summed E-state index contributed by atoms with van der Waals surface area (Å²) in [7, 11) is 0. The van der Waals surface area contributed by atoms with Gasteiger partial charge in [-0.1, -0.05) is 0 Å². The zero-order valence-corrected chi connectivity index (χ0v) is 10.0. The number of nitrogens with zero attached hydrogens (tertiary/aromatic N) is 2. The van der Waals surface area contributed by atoms with E-state index < -0.39 is 0 Å². The Hall–Kier alpha value is -0.140. The normalized spacial score (nSPS) is 21.6. The molecule has 0 spiro atoms. The van der Waals surface area contributed by atoms with E-state index in [1.165, 1.54) is 0 Å². The van der Waals surface area contributed by atoms with Crippen LogP contribution in [0.1, 0.15) is 12.8 Å². The van der Waals surface area contributed by atoms with Crippen LogP contribution in [0.5, 0.6) is 0 Å². The van der Waals surface area contributed by atoms with Gasteiger partial charge in [0.25, 0.3) is 0 Å². The van der Waals surface area contributed by atoms with Gasteiger partial charge in [0.05, 0.1) is 22.9 Å². The van der Waals surface area contributed by atoms with Crippen LogP contribution >= 0.6 is 22.6 Å². The van der Waals surface area contributed by atoms with Gasteiger partial charge < -0.3 is 9.47 Å². The minimum atomic E-state index is 0.0182. The lowest BCUT2D eigenvalue weighted by atomic mass is 10.4. The van der Waals surface area contributed by atoms with E-state index in [0.29, 0.717) is 6.61 Å². The number of aromatic nitrogens is 2. The van der Waals surface area contributed by atoms with E-state index in [1.54, 1.807) is 0 Å². The molecule has 0 bridgehead atoms. The van der Waals surface area contributed by atoms with Crippen molar-refractivity contribution in [1.82, 2.24) is 9.78 Å². The Morgan fingerprint density at radius 2 is 2.64 bits per heavy atom. The van der Waals surface area contributed by atoms with Gasteiger partial charge in [0.1, 0.15) is 0 Å². The first kappa shape index (κ1) is 10.4. The number of rotatable bonds is 4. The molecule has 4 nitrogen and oxygen atoms in total. The van der Waals surface area contributed by atoms with E-state index in [2.05, 4.69) is 27.7 Å². The van der Waals surface area contributed by atoms with Crippen molar-refractivity contribution in [3.63, 3.8) is 0 Å². The van der Waals surface area contributed by atoms with Crippen LogP contribution < -0.4 is 0 Å². The lowest BCUT2D eigenvalue weighted by Gasteiger charge is -2.10. The maximum atomic E-state index is 5.53. The third-order valence-corrected chi connectivity index (χ3v) is 2.67. The summed E-state index contributed by atoms with van der Waals surface area (Å²) in [5, 5.41) is 4.17. The maximum absolute atomic E-state index is 5.53. The maximum Gasteiger partial charge on any atom is 0.157 e. The molecule has 0 aliphatic carbocycles. The molecule has 1 aromatic heterocycles. The molecule has 5 heteroatoms. The first-order chi connectivity index (χ1) is 6.84. The van der Waals surface area contributed by atoms with Crippen molar-refractivity contribution < 1.29 is 9.47 Å². The Morgan fingerprint density at radius 1 is 1.71 bits per heavy atom. The molecule has 1 atom stereocenters.